The third kappa shape index (κ3) is 1.63. The highest BCUT2D eigenvalue weighted by Gasteiger charge is 2.20. The largest absolute Gasteiger partial charge is 0.326 e. The molecule has 1 aromatic rings. The molecule has 0 spiro atoms. The Balaban J connectivity index is 3.47. The zero-order valence-electron chi connectivity index (χ0n) is 7.08. The third-order valence-corrected chi connectivity index (χ3v) is 1.71. The van der Waals surface area contributed by atoms with Crippen LogP contribution in [0.3, 0.4) is 0 Å². The van der Waals surface area contributed by atoms with Gasteiger partial charge in [0.2, 0.25) is 0 Å². The fourth-order valence-electron chi connectivity index (χ4n) is 0.986. The van der Waals surface area contributed by atoms with Gasteiger partial charge in [-0.1, -0.05) is 6.58 Å². The van der Waals surface area contributed by atoms with Crippen LogP contribution in [0.2, 0.25) is 0 Å². The molecule has 0 aromatic heterocycles. The normalized spacial score (nSPS) is 10.4. The molecule has 76 valence electrons. The van der Waals surface area contributed by atoms with Gasteiger partial charge < -0.3 is 5.73 Å². The molecule has 0 saturated carbocycles. The molecule has 0 saturated heterocycles. The summed E-state index contributed by atoms with van der Waals surface area (Å²) in [5.74, 6) is -5.87. The van der Waals surface area contributed by atoms with Gasteiger partial charge in [0.25, 0.3) is 0 Å². The number of halogens is 4. The first-order valence-corrected chi connectivity index (χ1v) is 3.70. The lowest BCUT2D eigenvalue weighted by Crippen LogP contribution is -2.08. The maximum Gasteiger partial charge on any atom is 0.169 e. The first-order chi connectivity index (χ1) is 6.49. The topological polar surface area (TPSA) is 26.0 Å². The first-order valence-electron chi connectivity index (χ1n) is 3.70. The summed E-state index contributed by atoms with van der Waals surface area (Å²) in [4.78, 5) is 0. The highest BCUT2D eigenvalue weighted by molar-refractivity contribution is 5.65. The summed E-state index contributed by atoms with van der Waals surface area (Å²) in [7, 11) is 0. The van der Waals surface area contributed by atoms with Crippen molar-refractivity contribution in [2.75, 3.05) is 6.54 Å². The summed E-state index contributed by atoms with van der Waals surface area (Å²) >= 11 is 0. The monoisotopic (exact) mass is 205 g/mol. The molecule has 0 amide bonds. The van der Waals surface area contributed by atoms with Gasteiger partial charge in [0, 0.05) is 12.6 Å². The van der Waals surface area contributed by atoms with Gasteiger partial charge in [-0.3, -0.25) is 0 Å². The zero-order chi connectivity index (χ0) is 10.9. The maximum atomic E-state index is 13.0. The van der Waals surface area contributed by atoms with Crippen LogP contribution in [0.15, 0.2) is 12.6 Å². The Hall–Kier alpha value is -1.36. The van der Waals surface area contributed by atoms with E-state index in [2.05, 4.69) is 6.58 Å². The Labute approximate surface area is 77.8 Å². The van der Waals surface area contributed by atoms with E-state index in [4.69, 9.17) is 5.73 Å². The lowest BCUT2D eigenvalue weighted by molar-refractivity contribution is 0.450. The molecule has 0 aliphatic carbocycles. The van der Waals surface area contributed by atoms with Crippen LogP contribution in [-0.4, -0.2) is 6.54 Å². The number of nitrogens with two attached hydrogens (primary N) is 1. The van der Waals surface area contributed by atoms with Crippen LogP contribution in [0.4, 0.5) is 17.6 Å². The van der Waals surface area contributed by atoms with E-state index in [0.717, 1.165) is 0 Å². The van der Waals surface area contributed by atoms with E-state index in [-0.39, 0.29) is 18.2 Å². The van der Waals surface area contributed by atoms with Crippen molar-refractivity contribution in [3.8, 4) is 0 Å². The van der Waals surface area contributed by atoms with E-state index in [1.807, 2.05) is 0 Å². The molecular weight excluding hydrogens is 198 g/mol. The number of hydrogen-bond acceptors (Lipinski definition) is 1. The Bertz CT molecular complexity index is 361. The second-order valence-electron chi connectivity index (χ2n) is 2.65. The number of hydrogen-bond donors (Lipinski definition) is 1. The van der Waals surface area contributed by atoms with Gasteiger partial charge in [0.15, 0.2) is 23.3 Å². The van der Waals surface area contributed by atoms with Crippen molar-refractivity contribution in [3.05, 3.63) is 41.5 Å². The highest BCUT2D eigenvalue weighted by Crippen LogP contribution is 2.24. The molecule has 2 N–H and O–H groups in total. The van der Waals surface area contributed by atoms with E-state index >= 15 is 0 Å². The van der Waals surface area contributed by atoms with Crippen molar-refractivity contribution in [1.82, 2.24) is 0 Å². The molecule has 0 fully saturated rings. The van der Waals surface area contributed by atoms with Crippen LogP contribution < -0.4 is 5.73 Å². The van der Waals surface area contributed by atoms with Crippen molar-refractivity contribution < 1.29 is 17.6 Å². The van der Waals surface area contributed by atoms with Gasteiger partial charge in [-0.25, -0.2) is 17.6 Å². The van der Waals surface area contributed by atoms with Gasteiger partial charge in [0.05, 0.1) is 5.56 Å². The molecule has 1 nitrogen and oxygen atoms in total. The minimum Gasteiger partial charge on any atom is -0.326 e. The molecule has 14 heavy (non-hydrogen) atoms. The van der Waals surface area contributed by atoms with E-state index < -0.39 is 28.8 Å². The summed E-state index contributed by atoms with van der Waals surface area (Å²) in [5, 5.41) is 0. The minimum atomic E-state index is -1.47. The summed E-state index contributed by atoms with van der Waals surface area (Å²) in [6, 6.07) is 0.137. The maximum absolute atomic E-state index is 13.0. The summed E-state index contributed by atoms with van der Waals surface area (Å²) in [6.45, 7) is 2.93. The van der Waals surface area contributed by atoms with Gasteiger partial charge in [-0.15, -0.1) is 0 Å². The molecule has 0 aliphatic heterocycles. The predicted octanol–water partition coefficient (Wildman–Crippen LogP) is 2.21. The fraction of sp³-hybridized carbons (Fsp3) is 0.111. The van der Waals surface area contributed by atoms with Crippen LogP contribution in [0.5, 0.6) is 0 Å². The summed E-state index contributed by atoms with van der Waals surface area (Å²) in [5.41, 5.74) is 4.04. The standard InChI is InChI=1S/C9H7F4N/c1-4(3-14)7-8(12)5(10)2-6(11)9(7)13/h2H,1,3,14H2. The third-order valence-electron chi connectivity index (χ3n) is 1.71. The Morgan fingerprint density at radius 2 is 1.57 bits per heavy atom. The van der Waals surface area contributed by atoms with Crippen molar-refractivity contribution in [3.63, 3.8) is 0 Å². The molecule has 0 unspecified atom stereocenters. The Morgan fingerprint density at radius 1 is 1.14 bits per heavy atom. The lowest BCUT2D eigenvalue weighted by Gasteiger charge is -2.07. The Kier molecular flexibility index (Phi) is 2.90. The van der Waals surface area contributed by atoms with E-state index in [1.165, 1.54) is 0 Å². The number of benzene rings is 1. The molecule has 0 atom stereocenters. The first kappa shape index (κ1) is 10.7. The molecule has 0 heterocycles. The predicted molar refractivity (Wildman–Crippen MR) is 44.4 cm³/mol. The van der Waals surface area contributed by atoms with Crippen LogP contribution in [0.1, 0.15) is 5.56 Å². The van der Waals surface area contributed by atoms with E-state index in [1.54, 1.807) is 0 Å². The second-order valence-corrected chi connectivity index (χ2v) is 2.65. The van der Waals surface area contributed by atoms with E-state index in [9.17, 15) is 17.6 Å². The molecule has 0 radical (unpaired) electrons. The molecular formula is C9H7F4N. The number of rotatable bonds is 2. The second kappa shape index (κ2) is 3.79. The van der Waals surface area contributed by atoms with Gasteiger partial charge in [-0.05, 0) is 5.57 Å². The van der Waals surface area contributed by atoms with Crippen molar-refractivity contribution in [2.24, 2.45) is 5.73 Å². The van der Waals surface area contributed by atoms with Crippen molar-refractivity contribution in [2.45, 2.75) is 0 Å². The Morgan fingerprint density at radius 3 is 1.93 bits per heavy atom. The fourth-order valence-corrected chi connectivity index (χ4v) is 0.986. The zero-order valence-corrected chi connectivity index (χ0v) is 7.08. The van der Waals surface area contributed by atoms with Gasteiger partial charge in [-0.2, -0.15) is 0 Å². The summed E-state index contributed by atoms with van der Waals surface area (Å²) < 4.78 is 51.3. The van der Waals surface area contributed by atoms with Gasteiger partial charge in [0.1, 0.15) is 0 Å². The molecule has 1 aromatic carbocycles. The minimum absolute atomic E-state index is 0.137. The SMILES string of the molecule is C=C(CN)c1c(F)c(F)cc(F)c1F. The molecule has 1 rings (SSSR count). The van der Waals surface area contributed by atoms with Crippen LogP contribution >= 0.6 is 0 Å². The smallest absolute Gasteiger partial charge is 0.169 e. The molecule has 5 heteroatoms. The van der Waals surface area contributed by atoms with E-state index in [0.29, 0.717) is 0 Å². The van der Waals surface area contributed by atoms with Crippen molar-refractivity contribution >= 4 is 5.57 Å². The average molecular weight is 205 g/mol. The van der Waals surface area contributed by atoms with Crippen LogP contribution in [0, 0.1) is 23.3 Å². The highest BCUT2D eigenvalue weighted by atomic mass is 19.2. The van der Waals surface area contributed by atoms with Crippen LogP contribution in [0.25, 0.3) is 5.57 Å². The molecule has 0 bridgehead atoms. The average Bonchev–Trinajstić information content (AvgIpc) is 2.15. The quantitative estimate of drug-likeness (QED) is 0.581. The lowest BCUT2D eigenvalue weighted by atomic mass is 10.1. The van der Waals surface area contributed by atoms with Gasteiger partial charge >= 0.3 is 0 Å². The summed E-state index contributed by atoms with van der Waals surface area (Å²) in [6.07, 6.45) is 0. The van der Waals surface area contributed by atoms with Crippen molar-refractivity contribution in [1.29, 1.82) is 0 Å². The van der Waals surface area contributed by atoms with Crippen LogP contribution in [-0.2, 0) is 0 Å². The molecule has 0 aliphatic rings.